The van der Waals surface area contributed by atoms with Crippen LogP contribution in [0, 0.1) is 0 Å². The maximum atomic E-state index is 12.8. The van der Waals surface area contributed by atoms with Crippen molar-refractivity contribution in [3.63, 3.8) is 0 Å². The number of nitrogens with one attached hydrogen (secondary N) is 2. The van der Waals surface area contributed by atoms with Crippen molar-refractivity contribution >= 4 is 28.3 Å². The van der Waals surface area contributed by atoms with E-state index in [1.54, 1.807) is 12.3 Å². The third-order valence-electron chi connectivity index (χ3n) is 5.96. The van der Waals surface area contributed by atoms with E-state index in [2.05, 4.69) is 22.5 Å². The van der Waals surface area contributed by atoms with Gasteiger partial charge in [-0.1, -0.05) is 37.5 Å². The Bertz CT molecular complexity index is 1010. The molecule has 0 spiro atoms. The number of allylic oxidation sites excluding steroid dienone is 3. The van der Waals surface area contributed by atoms with Crippen molar-refractivity contribution in [3.05, 3.63) is 59.4 Å². The molecule has 0 unspecified atom stereocenters. The van der Waals surface area contributed by atoms with E-state index in [1.807, 2.05) is 44.2 Å². The highest BCUT2D eigenvalue weighted by Crippen LogP contribution is 2.28. The SMILES string of the molecule is CC(=O)/C(=C\C(C)=C(/C)C(=O)NC1(C)CCCCC1)Nc1ccnc2ccccc12. The average molecular weight is 406 g/mol. The van der Waals surface area contributed by atoms with Gasteiger partial charge in [0.15, 0.2) is 5.78 Å². The van der Waals surface area contributed by atoms with Gasteiger partial charge in [-0.2, -0.15) is 0 Å². The number of anilines is 1. The number of para-hydroxylation sites is 1. The van der Waals surface area contributed by atoms with Crippen molar-refractivity contribution in [2.75, 3.05) is 5.32 Å². The number of carbonyl (C=O) groups is 2. The van der Waals surface area contributed by atoms with Crippen molar-refractivity contribution in [2.45, 2.75) is 65.3 Å². The lowest BCUT2D eigenvalue weighted by atomic mass is 9.83. The van der Waals surface area contributed by atoms with E-state index in [9.17, 15) is 9.59 Å². The summed E-state index contributed by atoms with van der Waals surface area (Å²) in [6.45, 7) is 7.33. The summed E-state index contributed by atoms with van der Waals surface area (Å²) in [7, 11) is 0. The lowest BCUT2D eigenvalue weighted by Crippen LogP contribution is -2.47. The van der Waals surface area contributed by atoms with Gasteiger partial charge in [-0.25, -0.2) is 0 Å². The number of benzene rings is 1. The van der Waals surface area contributed by atoms with Gasteiger partial charge in [0.2, 0.25) is 5.91 Å². The molecule has 5 heteroatoms. The Labute approximate surface area is 178 Å². The minimum absolute atomic E-state index is 0.0644. The molecule has 2 N–H and O–H groups in total. The third-order valence-corrected chi connectivity index (χ3v) is 5.96. The second-order valence-corrected chi connectivity index (χ2v) is 8.50. The molecule has 1 heterocycles. The minimum Gasteiger partial charge on any atom is -0.352 e. The summed E-state index contributed by atoms with van der Waals surface area (Å²) in [4.78, 5) is 29.5. The molecule has 3 rings (SSSR count). The molecule has 0 bridgehead atoms. The normalized spacial score (nSPS) is 17.3. The average Bonchev–Trinajstić information content (AvgIpc) is 2.72. The second-order valence-electron chi connectivity index (χ2n) is 8.50. The van der Waals surface area contributed by atoms with Crippen LogP contribution >= 0.6 is 0 Å². The van der Waals surface area contributed by atoms with Gasteiger partial charge in [0.05, 0.1) is 11.2 Å². The summed E-state index contributed by atoms with van der Waals surface area (Å²) in [5, 5.41) is 7.39. The summed E-state index contributed by atoms with van der Waals surface area (Å²) in [6.07, 6.45) is 9.03. The van der Waals surface area contributed by atoms with Crippen LogP contribution in [0.1, 0.15) is 59.8 Å². The largest absolute Gasteiger partial charge is 0.352 e. The van der Waals surface area contributed by atoms with Crippen molar-refractivity contribution in [3.8, 4) is 0 Å². The van der Waals surface area contributed by atoms with Crippen LogP contribution in [0.2, 0.25) is 0 Å². The van der Waals surface area contributed by atoms with Gasteiger partial charge in [-0.15, -0.1) is 0 Å². The Hall–Kier alpha value is -2.95. The minimum atomic E-state index is -0.141. The van der Waals surface area contributed by atoms with Gasteiger partial charge in [0, 0.05) is 35.3 Å². The summed E-state index contributed by atoms with van der Waals surface area (Å²) >= 11 is 0. The molecule has 1 aliphatic carbocycles. The van der Waals surface area contributed by atoms with Crippen molar-refractivity contribution in [1.29, 1.82) is 0 Å². The van der Waals surface area contributed by atoms with Crippen molar-refractivity contribution in [1.82, 2.24) is 10.3 Å². The number of fused-ring (bicyclic) bond motifs is 1. The molecule has 0 radical (unpaired) electrons. The molecule has 1 amide bonds. The van der Waals surface area contributed by atoms with E-state index >= 15 is 0 Å². The summed E-state index contributed by atoms with van der Waals surface area (Å²) in [5.41, 5.74) is 3.36. The predicted octanol–water partition coefficient (Wildman–Crippen LogP) is 5.30. The zero-order valence-electron chi connectivity index (χ0n) is 18.3. The highest BCUT2D eigenvalue weighted by atomic mass is 16.2. The molecule has 30 heavy (non-hydrogen) atoms. The molecule has 1 aliphatic rings. The number of hydrogen-bond donors (Lipinski definition) is 2. The Morgan fingerprint density at radius 1 is 1.03 bits per heavy atom. The van der Waals surface area contributed by atoms with Gasteiger partial charge in [0.25, 0.3) is 0 Å². The van der Waals surface area contributed by atoms with Crippen LogP contribution in [-0.4, -0.2) is 22.2 Å². The molecule has 158 valence electrons. The monoisotopic (exact) mass is 405 g/mol. The zero-order valence-corrected chi connectivity index (χ0v) is 18.3. The first kappa shape index (κ1) is 21.8. The van der Waals surface area contributed by atoms with Crippen LogP contribution in [-0.2, 0) is 9.59 Å². The van der Waals surface area contributed by atoms with E-state index in [0.717, 1.165) is 47.8 Å². The number of nitrogens with zero attached hydrogens (tertiary/aromatic N) is 1. The van der Waals surface area contributed by atoms with Gasteiger partial charge in [0.1, 0.15) is 0 Å². The van der Waals surface area contributed by atoms with E-state index in [4.69, 9.17) is 0 Å². The second kappa shape index (κ2) is 9.24. The van der Waals surface area contributed by atoms with E-state index < -0.39 is 0 Å². The van der Waals surface area contributed by atoms with Crippen LogP contribution in [0.3, 0.4) is 0 Å². The number of amides is 1. The van der Waals surface area contributed by atoms with Crippen LogP contribution in [0.4, 0.5) is 5.69 Å². The van der Waals surface area contributed by atoms with Crippen molar-refractivity contribution in [2.24, 2.45) is 0 Å². The molecule has 1 aromatic carbocycles. The number of carbonyl (C=O) groups excluding carboxylic acids is 2. The molecule has 0 saturated heterocycles. The number of aromatic nitrogens is 1. The van der Waals surface area contributed by atoms with Crippen molar-refractivity contribution < 1.29 is 9.59 Å². The quantitative estimate of drug-likeness (QED) is 0.506. The van der Waals surface area contributed by atoms with Gasteiger partial charge >= 0.3 is 0 Å². The lowest BCUT2D eigenvalue weighted by Gasteiger charge is -2.34. The summed E-state index contributed by atoms with van der Waals surface area (Å²) in [6, 6.07) is 9.62. The topological polar surface area (TPSA) is 71.1 Å². The van der Waals surface area contributed by atoms with Crippen LogP contribution in [0.25, 0.3) is 10.9 Å². The standard InChI is InChI=1S/C25H31N3O2/c1-17(18(2)24(30)28-25(4)13-8-5-9-14-25)16-23(19(3)29)27-22-12-15-26-21-11-7-6-10-20(21)22/h6-7,10-12,15-16H,5,8-9,13-14H2,1-4H3,(H,26,27)(H,28,30)/b18-17+,23-16+. The summed E-state index contributed by atoms with van der Waals surface area (Å²) < 4.78 is 0. The smallest absolute Gasteiger partial charge is 0.247 e. The Balaban J connectivity index is 1.84. The molecule has 0 atom stereocenters. The molecule has 1 saturated carbocycles. The molecule has 0 aliphatic heterocycles. The number of ketones is 1. The number of hydrogen-bond acceptors (Lipinski definition) is 4. The van der Waals surface area contributed by atoms with Gasteiger partial charge < -0.3 is 10.6 Å². The molecule has 1 aromatic heterocycles. The van der Waals surface area contributed by atoms with Gasteiger partial charge in [-0.3, -0.25) is 14.6 Å². The van der Waals surface area contributed by atoms with Crippen LogP contribution < -0.4 is 10.6 Å². The molecule has 2 aromatic rings. The molecular weight excluding hydrogens is 374 g/mol. The summed E-state index contributed by atoms with van der Waals surface area (Å²) in [5.74, 6) is -0.159. The third kappa shape index (κ3) is 5.15. The Morgan fingerprint density at radius 3 is 2.43 bits per heavy atom. The Kier molecular flexibility index (Phi) is 6.70. The zero-order chi connectivity index (χ0) is 21.7. The maximum Gasteiger partial charge on any atom is 0.247 e. The predicted molar refractivity (Wildman–Crippen MR) is 122 cm³/mol. The lowest BCUT2D eigenvalue weighted by molar-refractivity contribution is -0.119. The molecule has 5 nitrogen and oxygen atoms in total. The number of Topliss-reactive ketones (excluding diaryl/α,β-unsaturated/α-hetero) is 1. The van der Waals surface area contributed by atoms with Crippen LogP contribution in [0.15, 0.2) is 59.4 Å². The fourth-order valence-electron chi connectivity index (χ4n) is 3.90. The number of pyridine rings is 1. The molecular formula is C25H31N3O2. The highest BCUT2D eigenvalue weighted by molar-refractivity contribution is 6.01. The molecule has 1 fully saturated rings. The number of rotatable bonds is 6. The van der Waals surface area contributed by atoms with E-state index in [-0.39, 0.29) is 17.2 Å². The van der Waals surface area contributed by atoms with E-state index in [1.165, 1.54) is 13.3 Å². The first-order chi connectivity index (χ1) is 14.3. The highest BCUT2D eigenvalue weighted by Gasteiger charge is 2.28. The first-order valence-electron chi connectivity index (χ1n) is 10.6. The van der Waals surface area contributed by atoms with Crippen LogP contribution in [0.5, 0.6) is 0 Å². The van der Waals surface area contributed by atoms with E-state index in [0.29, 0.717) is 11.3 Å². The van der Waals surface area contributed by atoms with Gasteiger partial charge in [-0.05, 0) is 57.4 Å². The maximum absolute atomic E-state index is 12.8. The first-order valence-corrected chi connectivity index (χ1v) is 10.6. The fraction of sp³-hybridized carbons (Fsp3) is 0.400. The fourth-order valence-corrected chi connectivity index (χ4v) is 3.90. The Morgan fingerprint density at radius 2 is 1.73 bits per heavy atom.